The molecule has 1 aromatic heterocycles. The topological polar surface area (TPSA) is 40.6 Å². The predicted octanol–water partition coefficient (Wildman–Crippen LogP) is 7.30. The number of halogens is 4. The SMILES string of the molecule is Cc1cc(Nc2cc(OCCN3C[C@@H]4C[C@H]3CN4Cc3ccc(Cl)cc3)cc(C(F)(F)F)c2)c2ccccc2n1. The molecule has 3 aromatic carbocycles. The van der Waals surface area contributed by atoms with Crippen molar-refractivity contribution < 1.29 is 17.9 Å². The van der Waals surface area contributed by atoms with Crippen molar-refractivity contribution in [1.82, 2.24) is 14.8 Å². The van der Waals surface area contributed by atoms with Crippen molar-refractivity contribution in [2.45, 2.75) is 38.1 Å². The van der Waals surface area contributed by atoms with Gasteiger partial charge in [-0.2, -0.15) is 13.2 Å². The molecule has 4 aromatic rings. The van der Waals surface area contributed by atoms with E-state index in [1.54, 1.807) is 6.07 Å². The molecule has 3 heterocycles. The normalized spacial score (nSPS) is 19.4. The molecule has 2 aliphatic rings. The molecule has 0 unspecified atom stereocenters. The maximum absolute atomic E-state index is 13.8. The zero-order valence-corrected chi connectivity index (χ0v) is 22.8. The van der Waals surface area contributed by atoms with Crippen LogP contribution >= 0.6 is 11.6 Å². The Balaban J connectivity index is 1.11. The Bertz CT molecular complexity index is 1510. The quantitative estimate of drug-likeness (QED) is 0.242. The predicted molar refractivity (Wildman–Crippen MR) is 152 cm³/mol. The first-order chi connectivity index (χ1) is 19.2. The van der Waals surface area contributed by atoms with E-state index < -0.39 is 11.7 Å². The van der Waals surface area contributed by atoms with Gasteiger partial charge in [0.05, 0.1) is 11.1 Å². The molecule has 0 spiro atoms. The van der Waals surface area contributed by atoms with Gasteiger partial charge in [-0.3, -0.25) is 14.8 Å². The number of hydrogen-bond donors (Lipinski definition) is 1. The van der Waals surface area contributed by atoms with Crippen LogP contribution in [0.25, 0.3) is 10.9 Å². The number of aromatic nitrogens is 1. The molecule has 0 aliphatic carbocycles. The van der Waals surface area contributed by atoms with Crippen LogP contribution in [-0.2, 0) is 12.7 Å². The number of likely N-dealkylation sites (tertiary alicyclic amines) is 2. The number of hydrogen-bond acceptors (Lipinski definition) is 5. The first-order valence-electron chi connectivity index (χ1n) is 13.4. The van der Waals surface area contributed by atoms with Crippen LogP contribution in [0.3, 0.4) is 0 Å². The molecule has 0 saturated carbocycles. The lowest BCUT2D eigenvalue weighted by molar-refractivity contribution is -0.137. The lowest BCUT2D eigenvalue weighted by atomic mass is 10.1. The van der Waals surface area contributed by atoms with Gasteiger partial charge in [-0.05, 0) is 55.3 Å². The Morgan fingerprint density at radius 1 is 0.975 bits per heavy atom. The average Bonchev–Trinajstić information content (AvgIpc) is 3.50. The molecule has 6 rings (SSSR count). The Hall–Kier alpha value is -3.33. The molecule has 0 amide bonds. The highest BCUT2D eigenvalue weighted by Crippen LogP contribution is 2.36. The third kappa shape index (κ3) is 5.89. The lowest BCUT2D eigenvalue weighted by Gasteiger charge is -2.34. The smallest absolute Gasteiger partial charge is 0.416 e. The maximum Gasteiger partial charge on any atom is 0.416 e. The Morgan fingerprint density at radius 3 is 2.48 bits per heavy atom. The summed E-state index contributed by atoms with van der Waals surface area (Å²) in [5.41, 5.74) is 3.07. The summed E-state index contributed by atoms with van der Waals surface area (Å²) in [6.45, 7) is 5.66. The number of rotatable bonds is 8. The minimum absolute atomic E-state index is 0.195. The molecule has 0 radical (unpaired) electrons. The highest BCUT2D eigenvalue weighted by molar-refractivity contribution is 6.30. The number of anilines is 2. The number of piperazine rings is 1. The van der Waals surface area contributed by atoms with Crippen LogP contribution in [0.2, 0.25) is 5.02 Å². The molecule has 9 heteroatoms. The molecule has 2 fully saturated rings. The minimum Gasteiger partial charge on any atom is -0.492 e. The van der Waals surface area contributed by atoms with Crippen molar-refractivity contribution in [3.63, 3.8) is 0 Å². The van der Waals surface area contributed by atoms with Gasteiger partial charge < -0.3 is 10.1 Å². The van der Waals surface area contributed by atoms with Crippen LogP contribution in [0.4, 0.5) is 24.5 Å². The van der Waals surface area contributed by atoms with E-state index in [1.165, 1.54) is 5.56 Å². The monoisotopic (exact) mass is 566 g/mol. The summed E-state index contributed by atoms with van der Waals surface area (Å²) in [6, 6.07) is 22.1. The zero-order chi connectivity index (χ0) is 27.9. The van der Waals surface area contributed by atoms with E-state index in [1.807, 2.05) is 49.4 Å². The van der Waals surface area contributed by atoms with Gasteiger partial charge in [-0.25, -0.2) is 0 Å². The van der Waals surface area contributed by atoms with Gasteiger partial charge in [-0.1, -0.05) is 41.9 Å². The molecule has 1 N–H and O–H groups in total. The average molecular weight is 567 g/mol. The number of para-hydroxylation sites is 1. The summed E-state index contributed by atoms with van der Waals surface area (Å²) >= 11 is 6.01. The number of fused-ring (bicyclic) bond motifs is 3. The minimum atomic E-state index is -4.49. The van der Waals surface area contributed by atoms with Gasteiger partial charge >= 0.3 is 6.18 Å². The molecule has 2 saturated heterocycles. The fraction of sp³-hybridized carbons (Fsp3) is 0.323. The molecule has 208 valence electrons. The van der Waals surface area contributed by atoms with Gasteiger partial charge in [0.25, 0.3) is 0 Å². The Labute approximate surface area is 236 Å². The second-order valence-corrected chi connectivity index (χ2v) is 11.1. The number of alkyl halides is 3. The molecular formula is C31H30ClF3N4O. The van der Waals surface area contributed by atoms with E-state index in [4.69, 9.17) is 16.3 Å². The van der Waals surface area contributed by atoms with Gasteiger partial charge in [0.1, 0.15) is 12.4 Å². The number of ether oxygens (including phenoxy) is 1. The number of nitrogens with zero attached hydrogens (tertiary/aromatic N) is 3. The third-order valence-corrected chi connectivity index (χ3v) is 8.02. The summed E-state index contributed by atoms with van der Waals surface area (Å²) in [7, 11) is 0. The fourth-order valence-electron chi connectivity index (χ4n) is 5.89. The van der Waals surface area contributed by atoms with E-state index in [0.717, 1.165) is 59.8 Å². The second-order valence-electron chi connectivity index (χ2n) is 10.6. The molecular weight excluding hydrogens is 537 g/mol. The van der Waals surface area contributed by atoms with Gasteiger partial charge in [0, 0.05) is 71.8 Å². The second kappa shape index (κ2) is 10.9. The largest absolute Gasteiger partial charge is 0.492 e. The van der Waals surface area contributed by atoms with Crippen LogP contribution in [0.1, 0.15) is 23.2 Å². The van der Waals surface area contributed by atoms with Crippen LogP contribution in [0.5, 0.6) is 5.75 Å². The molecule has 2 bridgehead atoms. The van der Waals surface area contributed by atoms with E-state index in [0.29, 0.717) is 36.6 Å². The third-order valence-electron chi connectivity index (χ3n) is 7.77. The number of aryl methyl sites for hydroxylation is 1. The number of pyridine rings is 1. The number of nitrogens with one attached hydrogen (secondary N) is 1. The fourth-order valence-corrected chi connectivity index (χ4v) is 6.02. The lowest BCUT2D eigenvalue weighted by Crippen LogP contribution is -2.47. The van der Waals surface area contributed by atoms with Gasteiger partial charge in [-0.15, -0.1) is 0 Å². The van der Waals surface area contributed by atoms with Gasteiger partial charge in [0.2, 0.25) is 0 Å². The highest BCUT2D eigenvalue weighted by atomic mass is 35.5. The first kappa shape index (κ1) is 26.9. The summed E-state index contributed by atoms with van der Waals surface area (Å²) in [5.74, 6) is 0.195. The van der Waals surface area contributed by atoms with Crippen molar-refractivity contribution >= 4 is 33.9 Å². The van der Waals surface area contributed by atoms with Crippen molar-refractivity contribution in [3.8, 4) is 5.75 Å². The summed E-state index contributed by atoms with van der Waals surface area (Å²) in [4.78, 5) is 9.41. The van der Waals surface area contributed by atoms with Crippen LogP contribution in [0, 0.1) is 6.92 Å². The van der Waals surface area contributed by atoms with Crippen LogP contribution < -0.4 is 10.1 Å². The molecule has 2 atom stereocenters. The van der Waals surface area contributed by atoms with Crippen molar-refractivity contribution in [1.29, 1.82) is 0 Å². The zero-order valence-electron chi connectivity index (χ0n) is 22.1. The van der Waals surface area contributed by atoms with Crippen molar-refractivity contribution in [3.05, 3.63) is 94.6 Å². The first-order valence-corrected chi connectivity index (χ1v) is 13.8. The molecule has 5 nitrogen and oxygen atoms in total. The van der Waals surface area contributed by atoms with Crippen LogP contribution in [0.15, 0.2) is 72.8 Å². The standard InChI is InChI=1S/C31H30ClF3N4O/c1-20-12-30(28-4-2-3-5-29(28)36-20)37-24-13-22(31(33,34)35)14-27(15-24)40-11-10-38-18-26-16-25(38)19-39(26)17-21-6-8-23(32)9-7-21/h2-9,12-15,25-26H,10-11,16-19H2,1H3,(H,36,37)/t25-,26-/m0/s1. The molecule has 2 aliphatic heterocycles. The van der Waals surface area contributed by atoms with E-state index >= 15 is 0 Å². The highest BCUT2D eigenvalue weighted by Gasteiger charge is 2.42. The summed E-state index contributed by atoms with van der Waals surface area (Å²) in [6.07, 6.45) is -3.39. The van der Waals surface area contributed by atoms with E-state index in [9.17, 15) is 13.2 Å². The maximum atomic E-state index is 13.8. The van der Waals surface area contributed by atoms with E-state index in [2.05, 4.69) is 32.2 Å². The molecule has 40 heavy (non-hydrogen) atoms. The van der Waals surface area contributed by atoms with Crippen molar-refractivity contribution in [2.75, 3.05) is 31.6 Å². The van der Waals surface area contributed by atoms with Gasteiger partial charge in [0.15, 0.2) is 0 Å². The van der Waals surface area contributed by atoms with E-state index in [-0.39, 0.29) is 5.75 Å². The Morgan fingerprint density at radius 2 is 1.73 bits per heavy atom. The summed E-state index contributed by atoms with van der Waals surface area (Å²) < 4.78 is 47.2. The van der Waals surface area contributed by atoms with Crippen molar-refractivity contribution in [2.24, 2.45) is 0 Å². The van der Waals surface area contributed by atoms with Crippen LogP contribution in [-0.4, -0.2) is 53.1 Å². The summed E-state index contributed by atoms with van der Waals surface area (Å²) in [5, 5.41) is 4.75. The number of benzene rings is 3. The Kier molecular flexibility index (Phi) is 7.33.